The predicted octanol–water partition coefficient (Wildman–Crippen LogP) is 1.44. The molecule has 1 N–H and O–H groups in total. The van der Waals surface area contributed by atoms with E-state index in [1.54, 1.807) is 6.92 Å². The number of hydrogen-bond donors (Lipinski definition) is 1. The Kier molecular flexibility index (Phi) is 2.21. The van der Waals surface area contributed by atoms with Crippen LogP contribution in [0.2, 0.25) is 0 Å². The van der Waals surface area contributed by atoms with Gasteiger partial charge in [0.25, 0.3) is 0 Å². The minimum absolute atomic E-state index is 0.0663. The summed E-state index contributed by atoms with van der Waals surface area (Å²) in [5, 5.41) is 10.8. The summed E-state index contributed by atoms with van der Waals surface area (Å²) in [7, 11) is 0. The van der Waals surface area contributed by atoms with Gasteiger partial charge in [0.1, 0.15) is 0 Å². The quantitative estimate of drug-likeness (QED) is 0.537. The fraction of sp³-hybridized carbons (Fsp3) is 0.800. The van der Waals surface area contributed by atoms with Crippen LogP contribution in [0, 0.1) is 0 Å². The second-order valence-corrected chi connectivity index (χ2v) is 7.04. The van der Waals surface area contributed by atoms with Gasteiger partial charge >= 0.3 is 5.97 Å². The van der Waals surface area contributed by atoms with Gasteiger partial charge in [0.05, 0.1) is 23.4 Å². The van der Waals surface area contributed by atoms with Gasteiger partial charge in [-0.3, -0.25) is 0 Å². The number of carbonyl (C=O) groups excluding carboxylic acids is 1. The summed E-state index contributed by atoms with van der Waals surface area (Å²) in [6.45, 7) is 5.78. The summed E-state index contributed by atoms with van der Waals surface area (Å²) >= 11 is 0. The van der Waals surface area contributed by atoms with E-state index >= 15 is 0 Å². The molecular formula is C15H20O5. The number of epoxide rings is 2. The molecule has 110 valence electrons. The number of fused-ring (bicyclic) bond motifs is 3. The molecule has 1 saturated carbocycles. The Balaban J connectivity index is 1.72. The molecule has 1 aliphatic carbocycles. The highest BCUT2D eigenvalue weighted by atomic mass is 16.7. The highest BCUT2D eigenvalue weighted by Crippen LogP contribution is 2.55. The van der Waals surface area contributed by atoms with Crippen molar-refractivity contribution in [3.05, 3.63) is 11.1 Å². The monoisotopic (exact) mass is 280 g/mol. The molecule has 4 aliphatic rings. The highest BCUT2D eigenvalue weighted by molar-refractivity contribution is 5.92. The van der Waals surface area contributed by atoms with Gasteiger partial charge in [-0.05, 0) is 33.6 Å². The van der Waals surface area contributed by atoms with E-state index in [1.807, 2.05) is 6.92 Å². The molecule has 5 atom stereocenters. The first-order chi connectivity index (χ1) is 9.26. The van der Waals surface area contributed by atoms with Crippen LogP contribution in [0.25, 0.3) is 0 Å². The molecule has 20 heavy (non-hydrogen) atoms. The summed E-state index contributed by atoms with van der Waals surface area (Å²) in [4.78, 5) is 11.8. The summed E-state index contributed by atoms with van der Waals surface area (Å²) in [6.07, 6.45) is 2.93. The van der Waals surface area contributed by atoms with E-state index in [2.05, 4.69) is 6.92 Å². The molecule has 0 radical (unpaired) electrons. The van der Waals surface area contributed by atoms with E-state index in [0.29, 0.717) is 24.0 Å². The van der Waals surface area contributed by atoms with Gasteiger partial charge in [-0.2, -0.15) is 0 Å². The smallest absolute Gasteiger partial charge is 0.336 e. The third kappa shape index (κ3) is 1.63. The third-order valence-corrected chi connectivity index (χ3v) is 5.45. The van der Waals surface area contributed by atoms with Gasteiger partial charge in [-0.1, -0.05) is 0 Å². The van der Waals surface area contributed by atoms with E-state index in [4.69, 9.17) is 14.2 Å². The third-order valence-electron chi connectivity index (χ3n) is 5.45. The Morgan fingerprint density at radius 2 is 1.90 bits per heavy atom. The van der Waals surface area contributed by atoms with E-state index in [9.17, 15) is 9.90 Å². The maximum absolute atomic E-state index is 11.8. The van der Waals surface area contributed by atoms with Crippen molar-refractivity contribution in [2.45, 2.75) is 75.7 Å². The first kappa shape index (κ1) is 12.8. The molecule has 5 nitrogen and oxygen atoms in total. The van der Waals surface area contributed by atoms with Crippen molar-refractivity contribution in [3.8, 4) is 0 Å². The zero-order valence-corrected chi connectivity index (χ0v) is 12.1. The lowest BCUT2D eigenvalue weighted by atomic mass is 9.83. The average molecular weight is 280 g/mol. The molecule has 0 amide bonds. The molecular weight excluding hydrogens is 260 g/mol. The number of aliphatic hydroxyl groups is 1. The van der Waals surface area contributed by atoms with Crippen LogP contribution < -0.4 is 0 Å². The number of carbonyl (C=O) groups is 1. The lowest BCUT2D eigenvalue weighted by Crippen LogP contribution is -2.38. The average Bonchev–Trinajstić information content (AvgIpc) is 3.16. The van der Waals surface area contributed by atoms with Crippen LogP contribution >= 0.6 is 0 Å². The SMILES string of the molecule is CC1=C2C[C@H]3O[C@]3(C)CC[C@H]3O[C@]3(C)C[C@]2(O)OC1=O. The van der Waals surface area contributed by atoms with Crippen molar-refractivity contribution < 1.29 is 24.1 Å². The molecule has 3 heterocycles. The molecule has 0 bridgehead atoms. The van der Waals surface area contributed by atoms with Gasteiger partial charge in [0.15, 0.2) is 0 Å². The lowest BCUT2D eigenvalue weighted by Gasteiger charge is -2.27. The topological polar surface area (TPSA) is 71.6 Å². The van der Waals surface area contributed by atoms with Crippen molar-refractivity contribution in [2.75, 3.05) is 0 Å². The van der Waals surface area contributed by atoms with Crippen LogP contribution in [0.4, 0.5) is 0 Å². The van der Waals surface area contributed by atoms with Gasteiger partial charge in [0, 0.05) is 24.0 Å². The van der Waals surface area contributed by atoms with Gasteiger partial charge in [0.2, 0.25) is 5.79 Å². The predicted molar refractivity (Wildman–Crippen MR) is 68.8 cm³/mol. The number of esters is 1. The molecule has 0 aromatic rings. The maximum Gasteiger partial charge on any atom is 0.336 e. The number of ether oxygens (including phenoxy) is 3. The fourth-order valence-electron chi connectivity index (χ4n) is 3.82. The first-order valence-corrected chi connectivity index (χ1v) is 7.27. The molecule has 2 saturated heterocycles. The first-order valence-electron chi connectivity index (χ1n) is 7.27. The number of hydrogen-bond acceptors (Lipinski definition) is 5. The van der Waals surface area contributed by atoms with Gasteiger partial charge < -0.3 is 19.3 Å². The minimum atomic E-state index is -1.52. The van der Waals surface area contributed by atoms with Crippen LogP contribution in [-0.2, 0) is 19.0 Å². The van der Waals surface area contributed by atoms with E-state index in [1.165, 1.54) is 0 Å². The number of rotatable bonds is 0. The second kappa shape index (κ2) is 3.46. The fourth-order valence-corrected chi connectivity index (χ4v) is 3.82. The zero-order chi connectivity index (χ0) is 14.3. The van der Waals surface area contributed by atoms with Crippen LogP contribution in [-0.4, -0.2) is 40.3 Å². The molecule has 0 spiro atoms. The Labute approximate surface area is 117 Å². The molecule has 0 unspecified atom stereocenters. The summed E-state index contributed by atoms with van der Waals surface area (Å²) in [5.74, 6) is -1.94. The Hall–Kier alpha value is -0.910. The molecule has 0 aromatic heterocycles. The van der Waals surface area contributed by atoms with Crippen molar-refractivity contribution in [1.82, 2.24) is 0 Å². The van der Waals surface area contributed by atoms with Crippen LogP contribution in [0.15, 0.2) is 11.1 Å². The highest BCUT2D eigenvalue weighted by Gasteiger charge is 2.64. The summed E-state index contributed by atoms with van der Waals surface area (Å²) in [5.41, 5.74) is 0.646. The molecule has 3 fully saturated rings. The van der Waals surface area contributed by atoms with E-state index in [-0.39, 0.29) is 17.8 Å². The van der Waals surface area contributed by atoms with Crippen molar-refractivity contribution in [2.24, 2.45) is 0 Å². The zero-order valence-electron chi connectivity index (χ0n) is 12.1. The van der Waals surface area contributed by atoms with E-state index in [0.717, 1.165) is 12.8 Å². The minimum Gasteiger partial charge on any atom is -0.426 e. The molecule has 4 rings (SSSR count). The molecule has 5 heteroatoms. The largest absolute Gasteiger partial charge is 0.426 e. The second-order valence-electron chi connectivity index (χ2n) is 7.04. The van der Waals surface area contributed by atoms with Crippen molar-refractivity contribution in [1.29, 1.82) is 0 Å². The summed E-state index contributed by atoms with van der Waals surface area (Å²) < 4.78 is 16.8. The van der Waals surface area contributed by atoms with Gasteiger partial charge in [-0.15, -0.1) is 0 Å². The Morgan fingerprint density at radius 1 is 1.20 bits per heavy atom. The maximum atomic E-state index is 11.8. The molecule has 0 aromatic carbocycles. The van der Waals surface area contributed by atoms with Gasteiger partial charge in [-0.25, -0.2) is 4.79 Å². The Morgan fingerprint density at radius 3 is 2.65 bits per heavy atom. The van der Waals surface area contributed by atoms with Crippen molar-refractivity contribution >= 4 is 5.97 Å². The standard InChI is InChI=1S/C15H20O5/c1-8-9-6-11-13(2,19-11)5-4-10-14(3,18-10)7-15(9,17)20-12(8)16/h10-11,17H,4-7H2,1-3H3/t10-,11-,13-,14-,15+/m1/s1. The van der Waals surface area contributed by atoms with Crippen molar-refractivity contribution in [3.63, 3.8) is 0 Å². The normalized spacial score (nSPS) is 53.7. The van der Waals surface area contributed by atoms with Crippen LogP contribution in [0.3, 0.4) is 0 Å². The van der Waals surface area contributed by atoms with Crippen LogP contribution in [0.1, 0.15) is 46.5 Å². The molecule has 3 aliphatic heterocycles. The summed E-state index contributed by atoms with van der Waals surface area (Å²) in [6, 6.07) is 0. The van der Waals surface area contributed by atoms with E-state index < -0.39 is 17.4 Å². The Bertz CT molecular complexity index is 540. The van der Waals surface area contributed by atoms with Crippen LogP contribution in [0.5, 0.6) is 0 Å². The lowest BCUT2D eigenvalue weighted by molar-refractivity contribution is -0.188.